The minimum Gasteiger partial charge on any atom is -0.354 e. The Morgan fingerprint density at radius 3 is 2.05 bits per heavy atom. The number of amides is 2. The summed E-state index contributed by atoms with van der Waals surface area (Å²) in [4.78, 5) is 29.7. The average Bonchev–Trinajstić information content (AvgIpc) is 3.03. The highest BCUT2D eigenvalue weighted by Gasteiger charge is 2.34. The lowest BCUT2D eigenvalue weighted by Crippen LogP contribution is -2.53. The highest BCUT2D eigenvalue weighted by atomic mass is 35.5. The van der Waals surface area contributed by atoms with E-state index in [0.717, 1.165) is 33.8 Å². The van der Waals surface area contributed by atoms with E-state index in [9.17, 15) is 18.0 Å². The van der Waals surface area contributed by atoms with Gasteiger partial charge in [0.2, 0.25) is 11.8 Å². The Balaban J connectivity index is 1.76. The van der Waals surface area contributed by atoms with Crippen molar-refractivity contribution in [1.82, 2.24) is 10.2 Å². The van der Waals surface area contributed by atoms with Gasteiger partial charge < -0.3 is 10.2 Å². The molecule has 0 saturated carbocycles. The molecule has 0 aromatic heterocycles. The van der Waals surface area contributed by atoms with Crippen LogP contribution in [0.25, 0.3) is 0 Å². The molecule has 0 heterocycles. The molecule has 0 aliphatic carbocycles. The maximum Gasteiger partial charge on any atom is 0.264 e. The number of carbonyl (C=O) groups is 2. The van der Waals surface area contributed by atoms with Crippen LogP contribution >= 0.6 is 11.6 Å². The van der Waals surface area contributed by atoms with Crippen molar-refractivity contribution in [2.45, 2.75) is 50.6 Å². The first kappa shape index (κ1) is 32.8. The molecule has 230 valence electrons. The number of nitrogens with one attached hydrogen (secondary N) is 1. The molecule has 44 heavy (non-hydrogen) atoms. The second-order valence-electron chi connectivity index (χ2n) is 10.7. The fourth-order valence-electron chi connectivity index (χ4n) is 4.81. The summed E-state index contributed by atoms with van der Waals surface area (Å²) in [6, 6.07) is 30.7. The van der Waals surface area contributed by atoms with E-state index in [1.165, 1.54) is 29.2 Å². The highest BCUT2D eigenvalue weighted by molar-refractivity contribution is 7.92. The third kappa shape index (κ3) is 8.71. The zero-order valence-corrected chi connectivity index (χ0v) is 26.6. The lowest BCUT2D eigenvalue weighted by molar-refractivity contribution is -0.140. The van der Waals surface area contributed by atoms with Gasteiger partial charge in [0.05, 0.1) is 10.6 Å². The van der Waals surface area contributed by atoms with Crippen molar-refractivity contribution in [3.8, 4) is 0 Å². The first-order valence-corrected chi connectivity index (χ1v) is 16.5. The first-order valence-electron chi connectivity index (χ1n) is 14.7. The predicted octanol–water partition coefficient (Wildman–Crippen LogP) is 6.40. The van der Waals surface area contributed by atoms with Crippen molar-refractivity contribution in [3.63, 3.8) is 0 Å². The Kier molecular flexibility index (Phi) is 11.6. The number of hydrogen-bond acceptors (Lipinski definition) is 4. The molecule has 0 bridgehead atoms. The molecule has 9 heteroatoms. The minimum atomic E-state index is -4.17. The van der Waals surface area contributed by atoms with E-state index in [0.29, 0.717) is 17.3 Å². The third-order valence-electron chi connectivity index (χ3n) is 7.30. The van der Waals surface area contributed by atoms with Gasteiger partial charge in [0.1, 0.15) is 12.6 Å². The molecule has 0 radical (unpaired) electrons. The lowest BCUT2D eigenvalue weighted by Gasteiger charge is -2.34. The number of hydrogen-bond donors (Lipinski definition) is 1. The number of carbonyl (C=O) groups excluding carboxylic acids is 2. The van der Waals surface area contributed by atoms with Crippen molar-refractivity contribution in [3.05, 3.63) is 131 Å². The monoisotopic (exact) mass is 631 g/mol. The molecule has 7 nitrogen and oxygen atoms in total. The van der Waals surface area contributed by atoms with E-state index in [-0.39, 0.29) is 23.8 Å². The molecule has 0 unspecified atom stereocenters. The Morgan fingerprint density at radius 1 is 0.818 bits per heavy atom. The van der Waals surface area contributed by atoms with E-state index >= 15 is 0 Å². The van der Waals surface area contributed by atoms with E-state index in [1.807, 2.05) is 68.4 Å². The lowest BCUT2D eigenvalue weighted by atomic mass is 10.0. The van der Waals surface area contributed by atoms with Crippen LogP contribution in [0.15, 0.2) is 114 Å². The second-order valence-corrected chi connectivity index (χ2v) is 13.0. The van der Waals surface area contributed by atoms with E-state index in [4.69, 9.17) is 11.6 Å². The van der Waals surface area contributed by atoms with E-state index < -0.39 is 28.5 Å². The summed E-state index contributed by atoms with van der Waals surface area (Å²) in [5, 5.41) is 3.40. The topological polar surface area (TPSA) is 86.8 Å². The Labute approximate surface area is 265 Å². The molecule has 1 atom stereocenters. The van der Waals surface area contributed by atoms with Crippen LogP contribution in [0.2, 0.25) is 5.02 Å². The molecule has 1 N–H and O–H groups in total. The fraction of sp³-hybridized carbons (Fsp3) is 0.257. The normalized spacial score (nSPS) is 11.9. The Hall–Kier alpha value is -4.14. The summed E-state index contributed by atoms with van der Waals surface area (Å²) in [5.74, 6) is -0.784. The van der Waals surface area contributed by atoms with Gasteiger partial charge in [-0.05, 0) is 60.9 Å². The minimum absolute atomic E-state index is 0.00165. The fourth-order valence-corrected chi connectivity index (χ4v) is 6.35. The van der Waals surface area contributed by atoms with Gasteiger partial charge in [-0.1, -0.05) is 103 Å². The van der Waals surface area contributed by atoms with Crippen molar-refractivity contribution in [1.29, 1.82) is 0 Å². The average molecular weight is 632 g/mol. The highest BCUT2D eigenvalue weighted by Crippen LogP contribution is 2.26. The van der Waals surface area contributed by atoms with Crippen molar-refractivity contribution >= 4 is 39.1 Å². The number of halogens is 1. The maximum absolute atomic E-state index is 14.4. The third-order valence-corrected chi connectivity index (χ3v) is 9.34. The summed E-state index contributed by atoms with van der Waals surface area (Å²) in [5.41, 5.74) is 3.11. The van der Waals surface area contributed by atoms with Gasteiger partial charge >= 0.3 is 0 Å². The predicted molar refractivity (Wildman–Crippen MR) is 176 cm³/mol. The summed E-state index contributed by atoms with van der Waals surface area (Å²) in [6.07, 6.45) is 1.98. The second kappa shape index (κ2) is 15.5. The van der Waals surface area contributed by atoms with Crippen LogP contribution in [0.1, 0.15) is 36.5 Å². The summed E-state index contributed by atoms with van der Waals surface area (Å²) >= 11 is 6.04. The molecule has 2 amide bonds. The largest absolute Gasteiger partial charge is 0.354 e. The van der Waals surface area contributed by atoms with Crippen LogP contribution in [0, 0.1) is 6.92 Å². The van der Waals surface area contributed by atoms with Gasteiger partial charge in [0, 0.05) is 24.5 Å². The number of benzene rings is 4. The van der Waals surface area contributed by atoms with Crippen LogP contribution in [-0.2, 0) is 32.6 Å². The quantitative estimate of drug-likeness (QED) is 0.163. The molecule has 0 aliphatic heterocycles. The van der Waals surface area contributed by atoms with Gasteiger partial charge in [-0.2, -0.15) is 0 Å². The molecule has 0 aliphatic rings. The number of unbranched alkanes of at least 4 members (excludes halogenated alkanes) is 1. The van der Waals surface area contributed by atoms with Crippen LogP contribution < -0.4 is 9.62 Å². The van der Waals surface area contributed by atoms with Crippen molar-refractivity contribution < 1.29 is 18.0 Å². The van der Waals surface area contributed by atoms with Gasteiger partial charge in [0.25, 0.3) is 10.0 Å². The van der Waals surface area contributed by atoms with Crippen LogP contribution in [-0.4, -0.2) is 44.3 Å². The Morgan fingerprint density at radius 2 is 1.43 bits per heavy atom. The zero-order chi connectivity index (χ0) is 31.5. The molecule has 4 aromatic rings. The van der Waals surface area contributed by atoms with Gasteiger partial charge in [0.15, 0.2) is 0 Å². The summed E-state index contributed by atoms with van der Waals surface area (Å²) < 4.78 is 29.1. The maximum atomic E-state index is 14.4. The summed E-state index contributed by atoms with van der Waals surface area (Å²) in [6.45, 7) is 4.12. The molecule has 0 spiro atoms. The zero-order valence-electron chi connectivity index (χ0n) is 25.0. The van der Waals surface area contributed by atoms with Crippen molar-refractivity contribution in [2.75, 3.05) is 17.4 Å². The number of rotatable bonds is 14. The summed E-state index contributed by atoms with van der Waals surface area (Å²) in [7, 11) is -4.17. The number of aryl methyl sites for hydroxylation is 1. The number of sulfonamides is 1. The van der Waals surface area contributed by atoms with E-state index in [1.54, 1.807) is 30.3 Å². The molecule has 4 rings (SSSR count). The molecular formula is C35H38ClN3O4S. The van der Waals surface area contributed by atoms with E-state index in [2.05, 4.69) is 5.32 Å². The molecule has 0 fully saturated rings. The standard InChI is InChI=1S/C35H38ClN3O4S/c1-3-4-23-37-35(41)33(24-28-11-7-5-8-12-28)38(25-29-17-15-27(2)16-18-29)34(40)26-39(31-13-9-6-10-14-31)44(42,43)32-21-19-30(36)20-22-32/h5-22,33H,3-4,23-26H2,1-2H3,(H,37,41)/t33-/m0/s1. The van der Waals surface area contributed by atoms with Crippen LogP contribution in [0.3, 0.4) is 0 Å². The first-order chi connectivity index (χ1) is 21.2. The smallest absolute Gasteiger partial charge is 0.264 e. The van der Waals surface area contributed by atoms with Crippen LogP contribution in [0.4, 0.5) is 5.69 Å². The van der Waals surface area contributed by atoms with Gasteiger partial charge in [-0.3, -0.25) is 13.9 Å². The molecule has 0 saturated heterocycles. The number of nitrogens with zero attached hydrogens (tertiary/aromatic N) is 2. The molecule has 4 aromatic carbocycles. The van der Waals surface area contributed by atoms with Gasteiger partial charge in [-0.15, -0.1) is 0 Å². The number of para-hydroxylation sites is 1. The SMILES string of the molecule is CCCCNC(=O)[C@H](Cc1ccccc1)N(Cc1ccc(C)cc1)C(=O)CN(c1ccccc1)S(=O)(=O)c1ccc(Cl)cc1. The van der Waals surface area contributed by atoms with Crippen LogP contribution in [0.5, 0.6) is 0 Å². The van der Waals surface area contributed by atoms with Gasteiger partial charge in [-0.25, -0.2) is 8.42 Å². The van der Waals surface area contributed by atoms with Crippen molar-refractivity contribution in [2.24, 2.45) is 0 Å². The molecular weight excluding hydrogens is 594 g/mol. The number of anilines is 1. The Bertz CT molecular complexity index is 1610.